The van der Waals surface area contributed by atoms with Gasteiger partial charge in [-0.2, -0.15) is 5.10 Å². The zero-order valence-corrected chi connectivity index (χ0v) is 13.9. The molecule has 2 rings (SSSR count). The van der Waals surface area contributed by atoms with Crippen LogP contribution in [0.5, 0.6) is 17.2 Å². The number of ether oxygens (including phenoxy) is 3. The lowest BCUT2D eigenvalue weighted by atomic mass is 10.1. The number of nitrogens with one attached hydrogen (secondary N) is 1. The van der Waals surface area contributed by atoms with Crippen LogP contribution in [0.4, 0.5) is 0 Å². The van der Waals surface area contributed by atoms with E-state index in [1.165, 1.54) is 0 Å². The van der Waals surface area contributed by atoms with Crippen molar-refractivity contribution in [1.82, 2.24) is 5.43 Å². The molecule has 0 bridgehead atoms. The summed E-state index contributed by atoms with van der Waals surface area (Å²) in [5, 5.41) is 4.07. The number of carbonyl (C=O) groups excluding carboxylic acids is 1. The summed E-state index contributed by atoms with van der Waals surface area (Å²) >= 11 is 0. The van der Waals surface area contributed by atoms with Gasteiger partial charge in [-0.1, -0.05) is 24.3 Å². The van der Waals surface area contributed by atoms with Gasteiger partial charge in [-0.25, -0.2) is 5.43 Å². The number of methoxy groups -OCH3 is 2. The van der Waals surface area contributed by atoms with Crippen molar-refractivity contribution in [3.8, 4) is 17.2 Å². The van der Waals surface area contributed by atoms with Gasteiger partial charge in [0.2, 0.25) is 0 Å². The molecule has 0 aliphatic carbocycles. The molecule has 1 N–H and O–H groups in total. The molecule has 0 spiro atoms. The van der Waals surface area contributed by atoms with Gasteiger partial charge in [-0.3, -0.25) is 4.79 Å². The van der Waals surface area contributed by atoms with E-state index in [-0.39, 0.29) is 12.5 Å². The third-order valence-corrected chi connectivity index (χ3v) is 3.26. The van der Waals surface area contributed by atoms with E-state index >= 15 is 0 Å². The van der Waals surface area contributed by atoms with Crippen molar-refractivity contribution < 1.29 is 19.0 Å². The molecular weight excluding hydrogens is 308 g/mol. The summed E-state index contributed by atoms with van der Waals surface area (Å²) in [5.74, 6) is 1.45. The average molecular weight is 328 g/mol. The molecular formula is C18H20N2O4. The number of amides is 1. The number of hydrogen-bond acceptors (Lipinski definition) is 5. The predicted molar refractivity (Wildman–Crippen MR) is 91.8 cm³/mol. The Hall–Kier alpha value is -3.02. The Kier molecular flexibility index (Phi) is 6.19. The lowest BCUT2D eigenvalue weighted by molar-refractivity contribution is -0.123. The minimum absolute atomic E-state index is 0.157. The summed E-state index contributed by atoms with van der Waals surface area (Å²) in [6, 6.07) is 14.6. The normalized spacial score (nSPS) is 10.9. The van der Waals surface area contributed by atoms with Crippen molar-refractivity contribution >= 4 is 11.6 Å². The molecule has 0 aromatic heterocycles. The molecule has 2 aromatic carbocycles. The molecule has 6 nitrogen and oxygen atoms in total. The largest absolute Gasteiger partial charge is 0.497 e. The molecule has 6 heteroatoms. The van der Waals surface area contributed by atoms with Crippen LogP contribution >= 0.6 is 0 Å². The summed E-state index contributed by atoms with van der Waals surface area (Å²) in [4.78, 5) is 11.9. The molecule has 0 heterocycles. The monoisotopic (exact) mass is 328 g/mol. The average Bonchev–Trinajstić information content (AvgIpc) is 2.64. The summed E-state index contributed by atoms with van der Waals surface area (Å²) in [5.41, 5.74) is 4.00. The van der Waals surface area contributed by atoms with Crippen molar-refractivity contribution in [2.24, 2.45) is 5.10 Å². The maximum absolute atomic E-state index is 11.9. The van der Waals surface area contributed by atoms with Crippen LogP contribution in [-0.4, -0.2) is 32.4 Å². The van der Waals surface area contributed by atoms with Crippen molar-refractivity contribution in [2.75, 3.05) is 20.8 Å². The molecule has 2 aromatic rings. The Morgan fingerprint density at radius 1 is 1.04 bits per heavy atom. The molecule has 1 amide bonds. The lowest BCUT2D eigenvalue weighted by Gasteiger charge is -2.09. The number of hydrogen-bond donors (Lipinski definition) is 1. The van der Waals surface area contributed by atoms with Crippen molar-refractivity contribution in [3.63, 3.8) is 0 Å². The van der Waals surface area contributed by atoms with E-state index in [9.17, 15) is 4.79 Å². The zero-order chi connectivity index (χ0) is 17.4. The molecule has 24 heavy (non-hydrogen) atoms. The number of benzene rings is 2. The molecule has 0 aliphatic heterocycles. The molecule has 0 aliphatic rings. The van der Waals surface area contributed by atoms with Crippen LogP contribution in [0.2, 0.25) is 0 Å². The summed E-state index contributed by atoms with van der Waals surface area (Å²) < 4.78 is 15.8. The number of carbonyl (C=O) groups is 1. The molecule has 0 fully saturated rings. The van der Waals surface area contributed by atoms with Crippen LogP contribution in [0.15, 0.2) is 53.6 Å². The number of para-hydroxylation sites is 2. The Labute approximate surface area is 141 Å². The Bertz CT molecular complexity index is 728. The van der Waals surface area contributed by atoms with Crippen molar-refractivity contribution in [3.05, 3.63) is 54.1 Å². The summed E-state index contributed by atoms with van der Waals surface area (Å²) in [6.45, 7) is 1.64. The number of nitrogens with zero attached hydrogens (tertiary/aromatic N) is 1. The fraction of sp³-hybridized carbons (Fsp3) is 0.222. The standard InChI is InChI=1S/C18H20N2O4/c1-13(14-7-6-8-15(11-14)22-2)19-20-18(21)12-24-17-10-5-4-9-16(17)23-3/h4-11H,12H2,1-3H3,(H,20,21). The maximum Gasteiger partial charge on any atom is 0.277 e. The van der Waals surface area contributed by atoms with Gasteiger partial charge in [0.25, 0.3) is 5.91 Å². The number of hydrazone groups is 1. The van der Waals surface area contributed by atoms with Gasteiger partial charge in [-0.15, -0.1) is 0 Å². The molecule has 0 atom stereocenters. The highest BCUT2D eigenvalue weighted by Gasteiger charge is 2.07. The first kappa shape index (κ1) is 17.3. The Morgan fingerprint density at radius 2 is 1.79 bits per heavy atom. The minimum Gasteiger partial charge on any atom is -0.497 e. The summed E-state index contributed by atoms with van der Waals surface area (Å²) in [6.07, 6.45) is 0. The van der Waals surface area contributed by atoms with Gasteiger partial charge in [0.05, 0.1) is 19.9 Å². The maximum atomic E-state index is 11.9. The van der Waals surface area contributed by atoms with Crippen LogP contribution in [0.1, 0.15) is 12.5 Å². The minimum atomic E-state index is -0.358. The van der Waals surface area contributed by atoms with Gasteiger partial charge in [0, 0.05) is 5.56 Å². The quantitative estimate of drug-likeness (QED) is 0.626. The second kappa shape index (κ2) is 8.57. The van der Waals surface area contributed by atoms with Gasteiger partial charge in [-0.05, 0) is 31.2 Å². The molecule has 126 valence electrons. The smallest absolute Gasteiger partial charge is 0.277 e. The zero-order valence-electron chi connectivity index (χ0n) is 13.9. The van der Waals surface area contributed by atoms with Crippen LogP contribution in [0, 0.1) is 0 Å². The third kappa shape index (κ3) is 4.74. The molecule has 0 radical (unpaired) electrons. The van der Waals surface area contributed by atoms with Crippen LogP contribution in [0.25, 0.3) is 0 Å². The SMILES string of the molecule is COc1cccc(C(C)=NNC(=O)COc2ccccc2OC)c1. The Morgan fingerprint density at radius 3 is 2.50 bits per heavy atom. The molecule has 0 unspecified atom stereocenters. The second-order valence-electron chi connectivity index (χ2n) is 4.90. The van der Waals surface area contributed by atoms with Gasteiger partial charge >= 0.3 is 0 Å². The van der Waals surface area contributed by atoms with Crippen LogP contribution < -0.4 is 19.6 Å². The van der Waals surface area contributed by atoms with E-state index in [1.807, 2.05) is 30.3 Å². The van der Waals surface area contributed by atoms with E-state index in [0.717, 1.165) is 11.3 Å². The topological polar surface area (TPSA) is 69.2 Å². The van der Waals surface area contributed by atoms with E-state index in [4.69, 9.17) is 14.2 Å². The first-order chi connectivity index (χ1) is 11.6. The highest BCUT2D eigenvalue weighted by Crippen LogP contribution is 2.25. The fourth-order valence-electron chi connectivity index (χ4n) is 1.97. The second-order valence-corrected chi connectivity index (χ2v) is 4.90. The fourth-order valence-corrected chi connectivity index (χ4v) is 1.97. The Balaban J connectivity index is 1.92. The van der Waals surface area contributed by atoms with Crippen molar-refractivity contribution in [2.45, 2.75) is 6.92 Å². The summed E-state index contributed by atoms with van der Waals surface area (Å²) in [7, 11) is 3.15. The lowest BCUT2D eigenvalue weighted by Crippen LogP contribution is -2.25. The van der Waals surface area contributed by atoms with Crippen molar-refractivity contribution in [1.29, 1.82) is 0 Å². The predicted octanol–water partition coefficient (Wildman–Crippen LogP) is 2.62. The highest BCUT2D eigenvalue weighted by atomic mass is 16.5. The number of rotatable bonds is 7. The molecule has 0 saturated carbocycles. The van der Waals surface area contributed by atoms with E-state index in [0.29, 0.717) is 17.2 Å². The van der Waals surface area contributed by atoms with Crippen LogP contribution in [-0.2, 0) is 4.79 Å². The third-order valence-electron chi connectivity index (χ3n) is 3.26. The first-order valence-corrected chi connectivity index (χ1v) is 7.37. The van der Waals surface area contributed by atoms with Gasteiger partial charge in [0.15, 0.2) is 18.1 Å². The highest BCUT2D eigenvalue weighted by molar-refractivity contribution is 5.99. The van der Waals surface area contributed by atoms with E-state index in [2.05, 4.69) is 10.5 Å². The van der Waals surface area contributed by atoms with E-state index in [1.54, 1.807) is 39.3 Å². The van der Waals surface area contributed by atoms with Gasteiger partial charge in [0.1, 0.15) is 5.75 Å². The van der Waals surface area contributed by atoms with Crippen LogP contribution in [0.3, 0.4) is 0 Å². The van der Waals surface area contributed by atoms with Gasteiger partial charge < -0.3 is 14.2 Å². The van der Waals surface area contributed by atoms with E-state index < -0.39 is 0 Å². The molecule has 0 saturated heterocycles. The first-order valence-electron chi connectivity index (χ1n) is 7.37.